The van der Waals surface area contributed by atoms with Gasteiger partial charge in [0.15, 0.2) is 0 Å². The first kappa shape index (κ1) is 16.0. The second-order valence-electron chi connectivity index (χ2n) is 5.72. The van der Waals surface area contributed by atoms with Crippen molar-refractivity contribution in [1.82, 2.24) is 9.88 Å². The lowest BCUT2D eigenvalue weighted by atomic mass is 10.1. The van der Waals surface area contributed by atoms with Crippen LogP contribution in [0, 0.1) is 0 Å². The van der Waals surface area contributed by atoms with Crippen molar-refractivity contribution >= 4 is 23.1 Å². The topological polar surface area (TPSA) is 68.5 Å². The first-order chi connectivity index (χ1) is 11.2. The zero-order valence-corrected chi connectivity index (χ0v) is 13.8. The third-order valence-corrected chi connectivity index (χ3v) is 4.87. The number of aromatic nitrogens is 1. The van der Waals surface area contributed by atoms with Gasteiger partial charge in [-0.05, 0) is 42.0 Å². The average molecular weight is 331 g/mol. The number of hydrogen-bond acceptors (Lipinski definition) is 5. The summed E-state index contributed by atoms with van der Waals surface area (Å²) in [6.07, 6.45) is 4.07. The Bertz CT molecular complexity index is 645. The van der Waals surface area contributed by atoms with Crippen LogP contribution in [0.4, 0.5) is 5.82 Å². The minimum Gasteiger partial charge on any atom is -0.384 e. The SMILES string of the molecule is Nc1cc(CC[C@@H]2CN(C(=O)Cc3cccs3)CCO2)ccn1. The first-order valence-corrected chi connectivity index (χ1v) is 8.71. The van der Waals surface area contributed by atoms with E-state index in [4.69, 9.17) is 10.5 Å². The average Bonchev–Trinajstić information content (AvgIpc) is 3.06. The molecule has 0 radical (unpaired) electrons. The van der Waals surface area contributed by atoms with Gasteiger partial charge in [-0.1, -0.05) is 6.07 Å². The van der Waals surface area contributed by atoms with E-state index in [9.17, 15) is 4.79 Å². The molecule has 2 aromatic heterocycles. The summed E-state index contributed by atoms with van der Waals surface area (Å²) in [5, 5.41) is 2.01. The third-order valence-electron chi connectivity index (χ3n) is 4.00. The van der Waals surface area contributed by atoms with Gasteiger partial charge in [0.25, 0.3) is 0 Å². The zero-order chi connectivity index (χ0) is 16.1. The molecule has 2 aromatic rings. The van der Waals surface area contributed by atoms with Crippen LogP contribution in [0.3, 0.4) is 0 Å². The first-order valence-electron chi connectivity index (χ1n) is 7.83. The van der Waals surface area contributed by atoms with Crippen LogP contribution in [0.5, 0.6) is 0 Å². The maximum absolute atomic E-state index is 12.4. The summed E-state index contributed by atoms with van der Waals surface area (Å²) in [6.45, 7) is 1.97. The molecule has 1 aliphatic heterocycles. The van der Waals surface area contributed by atoms with Gasteiger partial charge in [0, 0.05) is 24.2 Å². The molecule has 0 aromatic carbocycles. The molecule has 23 heavy (non-hydrogen) atoms. The Labute approximate surface area is 140 Å². The summed E-state index contributed by atoms with van der Waals surface area (Å²) in [5.74, 6) is 0.730. The quantitative estimate of drug-likeness (QED) is 0.911. The number of anilines is 1. The molecule has 0 bridgehead atoms. The van der Waals surface area contributed by atoms with E-state index in [-0.39, 0.29) is 12.0 Å². The third kappa shape index (κ3) is 4.53. The molecule has 1 amide bonds. The van der Waals surface area contributed by atoms with Crippen molar-refractivity contribution in [3.63, 3.8) is 0 Å². The lowest BCUT2D eigenvalue weighted by Gasteiger charge is -2.33. The molecule has 5 nitrogen and oxygen atoms in total. The normalized spacial score (nSPS) is 18.1. The Morgan fingerprint density at radius 1 is 1.48 bits per heavy atom. The number of carbonyl (C=O) groups is 1. The van der Waals surface area contributed by atoms with Gasteiger partial charge in [0.2, 0.25) is 5.91 Å². The summed E-state index contributed by atoms with van der Waals surface area (Å²) in [4.78, 5) is 19.4. The number of nitrogens with zero attached hydrogens (tertiary/aromatic N) is 2. The van der Waals surface area contributed by atoms with E-state index in [0.717, 1.165) is 23.3 Å². The Balaban J connectivity index is 1.50. The monoisotopic (exact) mass is 331 g/mol. The smallest absolute Gasteiger partial charge is 0.227 e. The maximum atomic E-state index is 12.4. The van der Waals surface area contributed by atoms with Gasteiger partial charge in [-0.25, -0.2) is 4.98 Å². The van der Waals surface area contributed by atoms with Gasteiger partial charge in [-0.15, -0.1) is 11.3 Å². The van der Waals surface area contributed by atoms with Gasteiger partial charge < -0.3 is 15.4 Å². The molecule has 6 heteroatoms. The van der Waals surface area contributed by atoms with Gasteiger partial charge in [-0.2, -0.15) is 0 Å². The summed E-state index contributed by atoms with van der Waals surface area (Å²) < 4.78 is 5.81. The minimum atomic E-state index is 0.0884. The van der Waals surface area contributed by atoms with Crippen molar-refractivity contribution in [2.45, 2.75) is 25.4 Å². The predicted molar refractivity (Wildman–Crippen MR) is 91.3 cm³/mol. The Morgan fingerprint density at radius 3 is 3.17 bits per heavy atom. The van der Waals surface area contributed by atoms with Crippen molar-refractivity contribution in [3.05, 3.63) is 46.3 Å². The lowest BCUT2D eigenvalue weighted by molar-refractivity contribution is -0.138. The second-order valence-corrected chi connectivity index (χ2v) is 6.75. The van der Waals surface area contributed by atoms with Crippen LogP contribution in [0.1, 0.15) is 16.9 Å². The number of nitrogen functional groups attached to an aromatic ring is 1. The number of pyridine rings is 1. The zero-order valence-electron chi connectivity index (χ0n) is 13.0. The van der Waals surface area contributed by atoms with Crippen LogP contribution in [0.2, 0.25) is 0 Å². The van der Waals surface area contributed by atoms with E-state index >= 15 is 0 Å². The molecule has 0 spiro atoms. The van der Waals surface area contributed by atoms with Crippen molar-refractivity contribution in [3.8, 4) is 0 Å². The largest absolute Gasteiger partial charge is 0.384 e. The van der Waals surface area contributed by atoms with Crippen LogP contribution >= 0.6 is 11.3 Å². The van der Waals surface area contributed by atoms with Gasteiger partial charge in [0.1, 0.15) is 5.82 Å². The van der Waals surface area contributed by atoms with E-state index in [0.29, 0.717) is 31.9 Å². The summed E-state index contributed by atoms with van der Waals surface area (Å²) in [7, 11) is 0. The summed E-state index contributed by atoms with van der Waals surface area (Å²) in [5.41, 5.74) is 6.85. The summed E-state index contributed by atoms with van der Waals surface area (Å²) >= 11 is 1.63. The maximum Gasteiger partial charge on any atom is 0.227 e. The van der Waals surface area contributed by atoms with Gasteiger partial charge in [-0.3, -0.25) is 4.79 Å². The van der Waals surface area contributed by atoms with E-state index in [1.165, 1.54) is 0 Å². The number of hydrogen-bond donors (Lipinski definition) is 1. The highest BCUT2D eigenvalue weighted by atomic mass is 32.1. The molecule has 3 rings (SSSR count). The van der Waals surface area contributed by atoms with Crippen molar-refractivity contribution in [2.75, 3.05) is 25.4 Å². The Kier molecular flexibility index (Phi) is 5.25. The number of rotatable bonds is 5. The van der Waals surface area contributed by atoms with Crippen LogP contribution < -0.4 is 5.73 Å². The fourth-order valence-electron chi connectivity index (χ4n) is 2.77. The molecule has 122 valence electrons. The number of thiophene rings is 1. The molecular weight excluding hydrogens is 310 g/mol. The summed E-state index contributed by atoms with van der Waals surface area (Å²) in [6, 6.07) is 7.85. The standard InChI is InChI=1S/C17H21N3O2S/c18-16-10-13(5-6-19-16)3-4-14-12-20(7-8-22-14)17(21)11-15-2-1-9-23-15/h1-2,5-6,9-10,14H,3-4,7-8,11-12H2,(H2,18,19)/t14-/m1/s1. The predicted octanol–water partition coefficient (Wildman–Crippen LogP) is 2.13. The Hall–Kier alpha value is -1.92. The highest BCUT2D eigenvalue weighted by Crippen LogP contribution is 2.16. The molecule has 0 saturated carbocycles. The van der Waals surface area contributed by atoms with Gasteiger partial charge >= 0.3 is 0 Å². The van der Waals surface area contributed by atoms with Crippen LogP contribution in [0.25, 0.3) is 0 Å². The van der Waals surface area contributed by atoms with Gasteiger partial charge in [0.05, 0.1) is 19.1 Å². The van der Waals surface area contributed by atoms with Crippen molar-refractivity contribution < 1.29 is 9.53 Å². The number of aryl methyl sites for hydroxylation is 1. The lowest BCUT2D eigenvalue weighted by Crippen LogP contribution is -2.46. The van der Waals surface area contributed by atoms with E-state index in [1.807, 2.05) is 34.5 Å². The number of morpholine rings is 1. The fraction of sp³-hybridized carbons (Fsp3) is 0.412. The van der Waals surface area contributed by atoms with Crippen molar-refractivity contribution in [2.24, 2.45) is 0 Å². The number of carbonyl (C=O) groups excluding carboxylic acids is 1. The molecule has 3 heterocycles. The highest BCUT2D eigenvalue weighted by molar-refractivity contribution is 7.10. The molecule has 1 aliphatic rings. The molecular formula is C17H21N3O2S. The molecule has 1 fully saturated rings. The molecule has 1 atom stereocenters. The number of ether oxygens (including phenoxy) is 1. The van der Waals surface area contributed by atoms with Crippen LogP contribution in [0.15, 0.2) is 35.8 Å². The molecule has 2 N–H and O–H groups in total. The minimum absolute atomic E-state index is 0.0884. The van der Waals surface area contributed by atoms with Crippen LogP contribution in [-0.2, 0) is 22.4 Å². The number of amides is 1. The highest BCUT2D eigenvalue weighted by Gasteiger charge is 2.24. The molecule has 0 unspecified atom stereocenters. The van der Waals surface area contributed by atoms with E-state index in [1.54, 1.807) is 17.5 Å². The second kappa shape index (κ2) is 7.57. The molecule has 0 aliphatic carbocycles. The number of nitrogens with two attached hydrogens (primary N) is 1. The molecule has 1 saturated heterocycles. The Morgan fingerprint density at radius 2 is 2.39 bits per heavy atom. The fourth-order valence-corrected chi connectivity index (χ4v) is 3.47. The van der Waals surface area contributed by atoms with Crippen LogP contribution in [-0.4, -0.2) is 41.6 Å². The van der Waals surface area contributed by atoms with E-state index < -0.39 is 0 Å². The van der Waals surface area contributed by atoms with E-state index in [2.05, 4.69) is 4.98 Å². The van der Waals surface area contributed by atoms with Crippen molar-refractivity contribution in [1.29, 1.82) is 0 Å².